The van der Waals surface area contributed by atoms with Gasteiger partial charge in [-0.15, -0.1) is 0 Å². The van der Waals surface area contributed by atoms with Crippen molar-refractivity contribution in [2.24, 2.45) is 5.92 Å². The molecule has 0 atom stereocenters. The third-order valence-corrected chi connectivity index (χ3v) is 5.92. The summed E-state index contributed by atoms with van der Waals surface area (Å²) in [6, 6.07) is 10.9. The summed E-state index contributed by atoms with van der Waals surface area (Å²) in [5.41, 5.74) is 3.35. The molecule has 3 aromatic rings. The molecule has 2 aromatic heterocycles. The number of pyridine rings is 1. The molecule has 0 unspecified atom stereocenters. The Morgan fingerprint density at radius 2 is 2.06 bits per heavy atom. The average Bonchev–Trinajstić information content (AvgIpc) is 2.83. The lowest BCUT2D eigenvalue weighted by Gasteiger charge is -2.19. The summed E-state index contributed by atoms with van der Waals surface area (Å²) in [6.45, 7) is 4.04. The molecular formula is C25H27N5O3S. The smallest absolute Gasteiger partial charge is 0.248 e. The highest BCUT2D eigenvalue weighted by Crippen LogP contribution is 2.34. The topological polar surface area (TPSA) is 98.3 Å². The molecule has 1 aliphatic rings. The number of hydrogen-bond acceptors (Lipinski definition) is 8. The minimum Gasteiger partial charge on any atom is -0.481 e. The minimum atomic E-state index is -0.179. The fourth-order valence-electron chi connectivity index (χ4n) is 3.26. The number of nitrogens with one attached hydrogen (secondary N) is 2. The number of anilines is 3. The summed E-state index contributed by atoms with van der Waals surface area (Å²) in [6.07, 6.45) is 5.90. The average molecular weight is 478 g/mol. The molecule has 3 heterocycles. The van der Waals surface area contributed by atoms with Crippen molar-refractivity contribution in [1.29, 1.82) is 0 Å². The van der Waals surface area contributed by atoms with Crippen LogP contribution in [0.4, 0.5) is 17.3 Å². The van der Waals surface area contributed by atoms with Crippen LogP contribution >= 0.6 is 11.8 Å². The van der Waals surface area contributed by atoms with Crippen LogP contribution in [0.3, 0.4) is 0 Å². The van der Waals surface area contributed by atoms with Gasteiger partial charge < -0.3 is 20.1 Å². The van der Waals surface area contributed by atoms with Crippen LogP contribution in [0.2, 0.25) is 0 Å². The Morgan fingerprint density at radius 1 is 1.18 bits per heavy atom. The molecule has 0 saturated heterocycles. The third kappa shape index (κ3) is 6.26. The van der Waals surface area contributed by atoms with Gasteiger partial charge in [-0.2, -0.15) is 16.7 Å². The van der Waals surface area contributed by atoms with Gasteiger partial charge in [0.05, 0.1) is 24.7 Å². The number of fused-ring (bicyclic) bond motifs is 1. The SMILES string of the molecule is COc1ccc(Nc2nc3c(c(Oc4cccc(NC(=O)/C=C/C(C)C)c4)n2)CSCC3)cn1. The Hall–Kier alpha value is -3.59. The second kappa shape index (κ2) is 11.0. The number of hydrogen-bond donors (Lipinski definition) is 2. The Labute approximate surface area is 203 Å². The number of methoxy groups -OCH3 is 1. The zero-order valence-electron chi connectivity index (χ0n) is 19.4. The fourth-order valence-corrected chi connectivity index (χ4v) is 4.24. The van der Waals surface area contributed by atoms with Crippen LogP contribution in [0.1, 0.15) is 25.1 Å². The van der Waals surface area contributed by atoms with E-state index in [-0.39, 0.29) is 5.91 Å². The molecule has 0 saturated carbocycles. The largest absolute Gasteiger partial charge is 0.481 e. The van der Waals surface area contributed by atoms with Gasteiger partial charge in [0.25, 0.3) is 0 Å². The lowest BCUT2D eigenvalue weighted by Crippen LogP contribution is -2.11. The summed E-state index contributed by atoms with van der Waals surface area (Å²) >= 11 is 1.83. The number of thioether (sulfide) groups is 1. The minimum absolute atomic E-state index is 0.179. The van der Waals surface area contributed by atoms with Crippen LogP contribution in [0.5, 0.6) is 17.5 Å². The van der Waals surface area contributed by atoms with E-state index in [0.29, 0.717) is 35.1 Å². The normalized spacial score (nSPS) is 12.9. The van der Waals surface area contributed by atoms with Gasteiger partial charge in [0.1, 0.15) is 5.75 Å². The Balaban J connectivity index is 1.56. The molecule has 8 nitrogen and oxygen atoms in total. The first kappa shape index (κ1) is 23.6. The quantitative estimate of drug-likeness (QED) is 0.419. The summed E-state index contributed by atoms with van der Waals surface area (Å²) in [7, 11) is 1.58. The van der Waals surface area contributed by atoms with E-state index in [1.165, 1.54) is 0 Å². The molecule has 1 aromatic carbocycles. The maximum atomic E-state index is 12.2. The summed E-state index contributed by atoms with van der Waals surface area (Å²) in [4.78, 5) is 25.7. The van der Waals surface area contributed by atoms with Gasteiger partial charge in [0.2, 0.25) is 23.6 Å². The van der Waals surface area contributed by atoms with Crippen molar-refractivity contribution < 1.29 is 14.3 Å². The summed E-state index contributed by atoms with van der Waals surface area (Å²) in [5.74, 6) is 3.97. The van der Waals surface area contributed by atoms with Crippen LogP contribution in [-0.4, -0.2) is 33.7 Å². The molecule has 0 fully saturated rings. The van der Waals surface area contributed by atoms with Crippen molar-refractivity contribution in [2.75, 3.05) is 23.5 Å². The molecule has 0 spiro atoms. The molecule has 2 N–H and O–H groups in total. The van der Waals surface area contributed by atoms with E-state index < -0.39 is 0 Å². The van der Waals surface area contributed by atoms with Gasteiger partial charge >= 0.3 is 0 Å². The number of allylic oxidation sites excluding steroid dienone is 1. The maximum absolute atomic E-state index is 12.2. The highest BCUT2D eigenvalue weighted by atomic mass is 32.2. The highest BCUT2D eigenvalue weighted by molar-refractivity contribution is 7.98. The number of aromatic nitrogens is 3. The number of nitrogens with zero attached hydrogens (tertiary/aromatic N) is 3. The number of amides is 1. The number of rotatable bonds is 8. The molecule has 4 rings (SSSR count). The molecule has 0 aliphatic carbocycles. The molecule has 176 valence electrons. The molecular weight excluding hydrogens is 450 g/mol. The first-order valence-electron chi connectivity index (χ1n) is 11.0. The molecule has 0 radical (unpaired) electrons. The van der Waals surface area contributed by atoms with E-state index in [1.54, 1.807) is 31.5 Å². The first-order valence-corrected chi connectivity index (χ1v) is 12.2. The molecule has 9 heteroatoms. The van der Waals surface area contributed by atoms with Crippen LogP contribution in [0.15, 0.2) is 54.7 Å². The zero-order valence-corrected chi connectivity index (χ0v) is 20.2. The van der Waals surface area contributed by atoms with Crippen molar-refractivity contribution in [1.82, 2.24) is 15.0 Å². The molecule has 34 heavy (non-hydrogen) atoms. The van der Waals surface area contributed by atoms with Gasteiger partial charge in [-0.05, 0) is 42.4 Å². The van der Waals surface area contributed by atoms with Crippen molar-refractivity contribution in [2.45, 2.75) is 26.0 Å². The number of carbonyl (C=O) groups is 1. The van der Waals surface area contributed by atoms with Gasteiger partial charge in [0.15, 0.2) is 0 Å². The highest BCUT2D eigenvalue weighted by Gasteiger charge is 2.20. The van der Waals surface area contributed by atoms with Crippen molar-refractivity contribution >= 4 is 35.0 Å². The monoisotopic (exact) mass is 477 g/mol. The zero-order chi connectivity index (χ0) is 23.9. The Morgan fingerprint density at radius 3 is 2.82 bits per heavy atom. The van der Waals surface area contributed by atoms with Crippen LogP contribution in [0, 0.1) is 5.92 Å². The summed E-state index contributed by atoms with van der Waals surface area (Å²) in [5, 5.41) is 6.07. The van der Waals surface area contributed by atoms with Crippen molar-refractivity contribution in [3.05, 3.63) is 66.0 Å². The van der Waals surface area contributed by atoms with Gasteiger partial charge in [-0.25, -0.2) is 9.97 Å². The van der Waals surface area contributed by atoms with Crippen molar-refractivity contribution in [3.8, 4) is 17.5 Å². The van der Waals surface area contributed by atoms with E-state index in [9.17, 15) is 4.79 Å². The van der Waals surface area contributed by atoms with Crippen LogP contribution in [-0.2, 0) is 17.0 Å². The van der Waals surface area contributed by atoms with Gasteiger partial charge in [-0.1, -0.05) is 26.0 Å². The molecule has 0 bridgehead atoms. The van der Waals surface area contributed by atoms with E-state index in [4.69, 9.17) is 14.5 Å². The predicted molar refractivity (Wildman–Crippen MR) is 135 cm³/mol. The Bertz CT molecular complexity index is 1180. The van der Waals surface area contributed by atoms with E-state index in [1.807, 2.05) is 56.0 Å². The number of ether oxygens (including phenoxy) is 2. The van der Waals surface area contributed by atoms with E-state index in [2.05, 4.69) is 20.6 Å². The van der Waals surface area contributed by atoms with Crippen LogP contribution < -0.4 is 20.1 Å². The second-order valence-corrected chi connectivity index (χ2v) is 9.12. The Kier molecular flexibility index (Phi) is 7.64. The van der Waals surface area contributed by atoms with Gasteiger partial charge in [0, 0.05) is 29.1 Å². The maximum Gasteiger partial charge on any atom is 0.248 e. The van der Waals surface area contributed by atoms with Crippen molar-refractivity contribution in [3.63, 3.8) is 0 Å². The van der Waals surface area contributed by atoms with Gasteiger partial charge in [-0.3, -0.25) is 4.79 Å². The lowest BCUT2D eigenvalue weighted by molar-refractivity contribution is -0.111. The number of aryl methyl sites for hydroxylation is 1. The molecule has 1 aliphatic heterocycles. The second-order valence-electron chi connectivity index (χ2n) is 8.02. The van der Waals surface area contributed by atoms with Crippen LogP contribution in [0.25, 0.3) is 0 Å². The fraction of sp³-hybridized carbons (Fsp3) is 0.280. The van der Waals surface area contributed by atoms with E-state index >= 15 is 0 Å². The predicted octanol–water partition coefficient (Wildman–Crippen LogP) is 5.36. The lowest BCUT2D eigenvalue weighted by atomic mass is 10.2. The van der Waals surface area contributed by atoms with E-state index in [0.717, 1.165) is 34.9 Å². The first-order chi connectivity index (χ1) is 16.5. The number of benzene rings is 1. The standard InChI is InChI=1S/C25H27N5O3S/c1-16(2)7-9-22(31)27-17-5-4-6-19(13-17)33-24-20-15-34-12-11-21(20)29-25(30-24)28-18-8-10-23(32-3)26-14-18/h4-10,13-14,16H,11-12,15H2,1-3H3,(H,27,31)(H,28,29,30)/b9-7+. The molecule has 1 amide bonds. The number of carbonyl (C=O) groups excluding carboxylic acids is 1. The summed E-state index contributed by atoms with van der Waals surface area (Å²) < 4.78 is 11.3. The third-order valence-electron chi connectivity index (χ3n) is 4.93.